The van der Waals surface area contributed by atoms with Crippen molar-refractivity contribution >= 4 is 17.5 Å². The summed E-state index contributed by atoms with van der Waals surface area (Å²) in [5, 5.41) is 6.74. The van der Waals surface area contributed by atoms with Crippen LogP contribution in [0.4, 0.5) is 0 Å². The van der Waals surface area contributed by atoms with Crippen LogP contribution in [0, 0.1) is 6.92 Å². The van der Waals surface area contributed by atoms with Gasteiger partial charge in [0.15, 0.2) is 0 Å². The number of halogens is 1. The Bertz CT molecular complexity index is 599. The summed E-state index contributed by atoms with van der Waals surface area (Å²) < 4.78 is 0. The molecular formula is C17H19ClN2O. The predicted octanol–water partition coefficient (Wildman–Crippen LogP) is 3.05. The molecule has 0 atom stereocenters. The number of amides is 1. The molecule has 1 amide bonds. The molecule has 4 heteroatoms. The van der Waals surface area contributed by atoms with Gasteiger partial charge in [-0.2, -0.15) is 0 Å². The van der Waals surface area contributed by atoms with Gasteiger partial charge in [0.05, 0.1) is 6.54 Å². The number of carbonyl (C=O) groups excluding carboxylic acids is 1. The second-order valence-electron chi connectivity index (χ2n) is 4.95. The molecule has 0 unspecified atom stereocenters. The number of benzene rings is 2. The van der Waals surface area contributed by atoms with Crippen LogP contribution < -0.4 is 10.6 Å². The SMILES string of the molecule is Cc1ccc(CNCC(=O)NCc2ccccc2)cc1Cl. The zero-order valence-corrected chi connectivity index (χ0v) is 12.8. The van der Waals surface area contributed by atoms with E-state index in [4.69, 9.17) is 11.6 Å². The summed E-state index contributed by atoms with van der Waals surface area (Å²) in [5.41, 5.74) is 3.22. The van der Waals surface area contributed by atoms with Gasteiger partial charge in [-0.05, 0) is 29.7 Å². The minimum atomic E-state index is -0.0166. The molecule has 0 saturated heterocycles. The van der Waals surface area contributed by atoms with E-state index in [1.165, 1.54) is 0 Å². The molecule has 2 N–H and O–H groups in total. The summed E-state index contributed by atoms with van der Waals surface area (Å²) in [6, 6.07) is 15.8. The van der Waals surface area contributed by atoms with Gasteiger partial charge in [0.2, 0.25) is 5.91 Å². The molecular weight excluding hydrogens is 284 g/mol. The van der Waals surface area contributed by atoms with Gasteiger partial charge in [0.25, 0.3) is 0 Å². The first kappa shape index (κ1) is 15.5. The van der Waals surface area contributed by atoms with E-state index >= 15 is 0 Å². The maximum Gasteiger partial charge on any atom is 0.234 e. The summed E-state index contributed by atoms with van der Waals surface area (Å²) in [4.78, 5) is 11.7. The van der Waals surface area contributed by atoms with Gasteiger partial charge in [-0.25, -0.2) is 0 Å². The Kier molecular flexibility index (Phi) is 5.78. The van der Waals surface area contributed by atoms with E-state index < -0.39 is 0 Å². The highest BCUT2D eigenvalue weighted by molar-refractivity contribution is 6.31. The number of hydrogen-bond donors (Lipinski definition) is 2. The molecule has 110 valence electrons. The second kappa shape index (κ2) is 7.81. The normalized spacial score (nSPS) is 10.4. The van der Waals surface area contributed by atoms with Crippen molar-refractivity contribution in [1.82, 2.24) is 10.6 Å². The average Bonchev–Trinajstić information content (AvgIpc) is 2.50. The van der Waals surface area contributed by atoms with E-state index in [-0.39, 0.29) is 5.91 Å². The van der Waals surface area contributed by atoms with Gasteiger partial charge in [0.1, 0.15) is 0 Å². The minimum absolute atomic E-state index is 0.0166. The molecule has 0 radical (unpaired) electrons. The largest absolute Gasteiger partial charge is 0.351 e. The number of hydrogen-bond acceptors (Lipinski definition) is 2. The highest BCUT2D eigenvalue weighted by atomic mass is 35.5. The second-order valence-corrected chi connectivity index (χ2v) is 5.36. The lowest BCUT2D eigenvalue weighted by molar-refractivity contribution is -0.120. The van der Waals surface area contributed by atoms with E-state index in [9.17, 15) is 4.79 Å². The van der Waals surface area contributed by atoms with Crippen LogP contribution in [0.1, 0.15) is 16.7 Å². The van der Waals surface area contributed by atoms with E-state index in [1.807, 2.05) is 55.5 Å². The fourth-order valence-electron chi connectivity index (χ4n) is 1.93. The summed E-state index contributed by atoms with van der Waals surface area (Å²) in [7, 11) is 0. The van der Waals surface area contributed by atoms with Crippen LogP contribution >= 0.6 is 11.6 Å². The lowest BCUT2D eigenvalue weighted by atomic mass is 10.1. The smallest absolute Gasteiger partial charge is 0.234 e. The van der Waals surface area contributed by atoms with Crippen LogP contribution in [0.5, 0.6) is 0 Å². The first-order valence-electron chi connectivity index (χ1n) is 6.91. The van der Waals surface area contributed by atoms with Crippen molar-refractivity contribution in [2.75, 3.05) is 6.54 Å². The third-order valence-corrected chi connectivity index (χ3v) is 3.59. The average molecular weight is 303 g/mol. The topological polar surface area (TPSA) is 41.1 Å². The Morgan fingerprint density at radius 3 is 2.52 bits per heavy atom. The van der Waals surface area contributed by atoms with E-state index in [0.29, 0.717) is 19.6 Å². The molecule has 0 bridgehead atoms. The maximum atomic E-state index is 11.7. The lowest BCUT2D eigenvalue weighted by Crippen LogP contribution is -2.33. The molecule has 0 aliphatic rings. The number of carbonyl (C=O) groups is 1. The lowest BCUT2D eigenvalue weighted by Gasteiger charge is -2.08. The van der Waals surface area contributed by atoms with Gasteiger partial charge >= 0.3 is 0 Å². The monoisotopic (exact) mass is 302 g/mol. The quantitative estimate of drug-likeness (QED) is 0.861. The summed E-state index contributed by atoms with van der Waals surface area (Å²) in [5.74, 6) is -0.0166. The van der Waals surface area contributed by atoms with Crippen molar-refractivity contribution in [3.05, 3.63) is 70.2 Å². The van der Waals surface area contributed by atoms with Crippen LogP contribution in [0.3, 0.4) is 0 Å². The standard InChI is InChI=1S/C17H19ClN2O/c1-13-7-8-15(9-16(13)18)10-19-12-17(21)20-11-14-5-3-2-4-6-14/h2-9,19H,10-12H2,1H3,(H,20,21). The molecule has 0 spiro atoms. The van der Waals surface area contributed by atoms with Crippen LogP contribution in [0.15, 0.2) is 48.5 Å². The first-order chi connectivity index (χ1) is 10.1. The van der Waals surface area contributed by atoms with Crippen molar-refractivity contribution < 1.29 is 4.79 Å². The molecule has 2 aromatic carbocycles. The van der Waals surface area contributed by atoms with Gasteiger partial charge in [0, 0.05) is 18.1 Å². The summed E-state index contributed by atoms with van der Waals surface area (Å²) in [6.07, 6.45) is 0. The minimum Gasteiger partial charge on any atom is -0.351 e. The third-order valence-electron chi connectivity index (χ3n) is 3.18. The molecule has 3 nitrogen and oxygen atoms in total. The molecule has 2 rings (SSSR count). The fourth-order valence-corrected chi connectivity index (χ4v) is 2.13. The van der Waals surface area contributed by atoms with Crippen molar-refractivity contribution in [1.29, 1.82) is 0 Å². The Hall–Kier alpha value is -1.84. The highest BCUT2D eigenvalue weighted by Crippen LogP contribution is 2.16. The molecule has 21 heavy (non-hydrogen) atoms. The van der Waals surface area contributed by atoms with Crippen molar-refractivity contribution in [2.24, 2.45) is 0 Å². The van der Waals surface area contributed by atoms with Crippen molar-refractivity contribution in [3.63, 3.8) is 0 Å². The fraction of sp³-hybridized carbons (Fsp3) is 0.235. The number of nitrogens with one attached hydrogen (secondary N) is 2. The summed E-state index contributed by atoms with van der Waals surface area (Å²) >= 11 is 6.07. The zero-order valence-electron chi connectivity index (χ0n) is 12.0. The third kappa shape index (κ3) is 5.21. The first-order valence-corrected chi connectivity index (χ1v) is 7.29. The molecule has 0 fully saturated rings. The Labute approximate surface area is 130 Å². The van der Waals surface area contributed by atoms with Gasteiger partial charge in [-0.1, -0.05) is 54.1 Å². The Balaban J connectivity index is 1.70. The van der Waals surface area contributed by atoms with E-state index in [0.717, 1.165) is 21.7 Å². The number of rotatable bonds is 6. The van der Waals surface area contributed by atoms with Crippen LogP contribution in [0.25, 0.3) is 0 Å². The zero-order chi connectivity index (χ0) is 15.1. The molecule has 0 aliphatic carbocycles. The predicted molar refractivity (Wildman–Crippen MR) is 86.2 cm³/mol. The van der Waals surface area contributed by atoms with Gasteiger partial charge in [-0.3, -0.25) is 4.79 Å². The highest BCUT2D eigenvalue weighted by Gasteiger charge is 2.02. The Morgan fingerprint density at radius 2 is 1.81 bits per heavy atom. The molecule has 2 aromatic rings. The molecule has 0 saturated carbocycles. The van der Waals surface area contributed by atoms with Crippen LogP contribution in [-0.4, -0.2) is 12.5 Å². The van der Waals surface area contributed by atoms with Crippen LogP contribution in [-0.2, 0) is 17.9 Å². The maximum absolute atomic E-state index is 11.7. The van der Waals surface area contributed by atoms with Crippen molar-refractivity contribution in [2.45, 2.75) is 20.0 Å². The summed E-state index contributed by atoms with van der Waals surface area (Å²) in [6.45, 7) is 3.44. The molecule has 0 aromatic heterocycles. The van der Waals surface area contributed by atoms with Gasteiger partial charge in [-0.15, -0.1) is 0 Å². The molecule has 0 heterocycles. The van der Waals surface area contributed by atoms with Crippen LogP contribution in [0.2, 0.25) is 5.02 Å². The van der Waals surface area contributed by atoms with E-state index in [2.05, 4.69) is 10.6 Å². The van der Waals surface area contributed by atoms with E-state index in [1.54, 1.807) is 0 Å². The number of aryl methyl sites for hydroxylation is 1. The Morgan fingerprint density at radius 1 is 1.05 bits per heavy atom. The van der Waals surface area contributed by atoms with Crippen molar-refractivity contribution in [3.8, 4) is 0 Å². The molecule has 0 aliphatic heterocycles. The van der Waals surface area contributed by atoms with Gasteiger partial charge < -0.3 is 10.6 Å².